The number of carbonyl (C=O) groups excluding carboxylic acids is 2. The number of aryl methyl sites for hydroxylation is 2. The second-order valence-electron chi connectivity index (χ2n) is 7.11. The Bertz CT molecular complexity index is 765. The zero-order chi connectivity index (χ0) is 20.0. The molecule has 0 saturated carbocycles. The molecule has 0 saturated heterocycles. The van der Waals surface area contributed by atoms with Gasteiger partial charge >= 0.3 is 5.97 Å². The number of esters is 1. The zero-order valence-corrected chi connectivity index (χ0v) is 16.8. The number of hydrogen-bond acceptors (Lipinski definition) is 3. The van der Waals surface area contributed by atoms with Crippen LogP contribution in [-0.2, 0) is 14.3 Å². The third kappa shape index (κ3) is 5.19. The van der Waals surface area contributed by atoms with E-state index in [1.165, 1.54) is 0 Å². The zero-order valence-electron chi connectivity index (χ0n) is 16.8. The topological polar surface area (TPSA) is 55.4 Å². The highest BCUT2D eigenvalue weighted by Crippen LogP contribution is 2.29. The number of benzene rings is 2. The molecule has 27 heavy (non-hydrogen) atoms. The van der Waals surface area contributed by atoms with Gasteiger partial charge in [-0.2, -0.15) is 0 Å². The van der Waals surface area contributed by atoms with Crippen molar-refractivity contribution in [1.29, 1.82) is 0 Å². The molecule has 0 fully saturated rings. The first-order chi connectivity index (χ1) is 12.8. The Morgan fingerprint density at radius 1 is 0.963 bits per heavy atom. The third-order valence-corrected chi connectivity index (χ3v) is 5.02. The Morgan fingerprint density at radius 2 is 1.56 bits per heavy atom. The molecule has 2 rings (SSSR count). The van der Waals surface area contributed by atoms with E-state index in [0.717, 1.165) is 28.8 Å². The summed E-state index contributed by atoms with van der Waals surface area (Å²) in [5.41, 5.74) is 3.64. The summed E-state index contributed by atoms with van der Waals surface area (Å²) in [4.78, 5) is 25.4. The molecule has 4 heteroatoms. The SMILES string of the molecule is CC[C@H](C)[C@H](C(=O)O[C@@H](C)C(=O)Nc1c(C)cccc1C)c1ccccc1. The minimum atomic E-state index is -0.869. The van der Waals surface area contributed by atoms with Crippen LogP contribution in [0.2, 0.25) is 0 Å². The molecular formula is C23H29NO3. The first-order valence-corrected chi connectivity index (χ1v) is 9.47. The van der Waals surface area contributed by atoms with E-state index in [1.807, 2.05) is 76.2 Å². The lowest BCUT2D eigenvalue weighted by Gasteiger charge is -2.24. The summed E-state index contributed by atoms with van der Waals surface area (Å²) in [5.74, 6) is -0.947. The quantitative estimate of drug-likeness (QED) is 0.700. The summed E-state index contributed by atoms with van der Waals surface area (Å²) in [5, 5.41) is 2.89. The minimum Gasteiger partial charge on any atom is -0.452 e. The average Bonchev–Trinajstić information content (AvgIpc) is 2.65. The molecule has 0 radical (unpaired) electrons. The van der Waals surface area contributed by atoms with E-state index in [1.54, 1.807) is 6.92 Å². The molecule has 2 aromatic carbocycles. The highest BCUT2D eigenvalue weighted by atomic mass is 16.5. The lowest BCUT2D eigenvalue weighted by molar-refractivity contribution is -0.155. The molecule has 0 aliphatic rings. The molecule has 0 spiro atoms. The number of amides is 1. The molecule has 0 aliphatic carbocycles. The van der Waals surface area contributed by atoms with Crippen LogP contribution in [0.4, 0.5) is 5.69 Å². The van der Waals surface area contributed by atoms with E-state index >= 15 is 0 Å². The van der Waals surface area contributed by atoms with E-state index in [-0.39, 0.29) is 23.7 Å². The summed E-state index contributed by atoms with van der Waals surface area (Å²) >= 11 is 0. The molecule has 2 aromatic rings. The van der Waals surface area contributed by atoms with Crippen molar-refractivity contribution in [2.45, 2.75) is 53.1 Å². The molecule has 0 heterocycles. The van der Waals surface area contributed by atoms with Crippen LogP contribution in [0.1, 0.15) is 49.8 Å². The lowest BCUT2D eigenvalue weighted by Crippen LogP contribution is -2.33. The Kier molecular flexibility index (Phi) is 7.17. The first kappa shape index (κ1) is 20.7. The fourth-order valence-electron chi connectivity index (χ4n) is 3.13. The van der Waals surface area contributed by atoms with E-state index in [0.29, 0.717) is 0 Å². The highest BCUT2D eigenvalue weighted by molar-refractivity contribution is 5.96. The summed E-state index contributed by atoms with van der Waals surface area (Å²) in [7, 11) is 0. The van der Waals surface area contributed by atoms with Crippen molar-refractivity contribution in [3.8, 4) is 0 Å². The van der Waals surface area contributed by atoms with Crippen molar-refractivity contribution >= 4 is 17.6 Å². The molecule has 0 aromatic heterocycles. The van der Waals surface area contributed by atoms with Gasteiger partial charge in [0.25, 0.3) is 5.91 Å². The van der Waals surface area contributed by atoms with E-state index in [4.69, 9.17) is 4.74 Å². The van der Waals surface area contributed by atoms with Crippen molar-refractivity contribution in [2.24, 2.45) is 5.92 Å². The lowest BCUT2D eigenvalue weighted by atomic mass is 9.85. The normalized spacial score (nSPS) is 14.1. The number of hydrogen-bond donors (Lipinski definition) is 1. The van der Waals surface area contributed by atoms with Gasteiger partial charge in [0.15, 0.2) is 6.10 Å². The Hall–Kier alpha value is -2.62. The Morgan fingerprint density at radius 3 is 2.11 bits per heavy atom. The van der Waals surface area contributed by atoms with Crippen LogP contribution in [0.25, 0.3) is 0 Å². The molecule has 0 bridgehead atoms. The van der Waals surface area contributed by atoms with Crippen molar-refractivity contribution in [1.82, 2.24) is 0 Å². The van der Waals surface area contributed by atoms with Crippen molar-refractivity contribution < 1.29 is 14.3 Å². The number of carbonyl (C=O) groups is 2. The Labute approximate surface area is 161 Å². The number of para-hydroxylation sites is 1. The van der Waals surface area contributed by atoms with Crippen molar-refractivity contribution in [3.63, 3.8) is 0 Å². The number of anilines is 1. The highest BCUT2D eigenvalue weighted by Gasteiger charge is 2.30. The molecule has 0 unspecified atom stereocenters. The van der Waals surface area contributed by atoms with Gasteiger partial charge in [-0.3, -0.25) is 9.59 Å². The van der Waals surface area contributed by atoms with E-state index in [2.05, 4.69) is 5.32 Å². The van der Waals surface area contributed by atoms with Crippen LogP contribution in [0.3, 0.4) is 0 Å². The maximum absolute atomic E-state index is 12.8. The number of nitrogens with one attached hydrogen (secondary N) is 1. The second-order valence-corrected chi connectivity index (χ2v) is 7.11. The van der Waals surface area contributed by atoms with Gasteiger partial charge in [-0.25, -0.2) is 0 Å². The van der Waals surface area contributed by atoms with Crippen molar-refractivity contribution in [3.05, 3.63) is 65.2 Å². The van der Waals surface area contributed by atoms with Gasteiger partial charge in [0.05, 0.1) is 5.92 Å². The van der Waals surface area contributed by atoms with Crippen molar-refractivity contribution in [2.75, 3.05) is 5.32 Å². The third-order valence-electron chi connectivity index (χ3n) is 5.02. The molecule has 0 aliphatic heterocycles. The van der Waals surface area contributed by atoms with Gasteiger partial charge in [-0.1, -0.05) is 68.8 Å². The number of ether oxygens (including phenoxy) is 1. The van der Waals surface area contributed by atoms with E-state index < -0.39 is 6.10 Å². The van der Waals surface area contributed by atoms with Crippen LogP contribution in [0, 0.1) is 19.8 Å². The minimum absolute atomic E-state index is 0.119. The maximum Gasteiger partial charge on any atom is 0.314 e. The summed E-state index contributed by atoms with van der Waals surface area (Å²) < 4.78 is 5.55. The van der Waals surface area contributed by atoms with Gasteiger partial charge in [-0.05, 0) is 43.4 Å². The van der Waals surface area contributed by atoms with Gasteiger partial charge < -0.3 is 10.1 Å². The average molecular weight is 367 g/mol. The summed E-state index contributed by atoms with van der Waals surface area (Å²) in [6.45, 7) is 9.56. The second kappa shape index (κ2) is 9.36. The van der Waals surface area contributed by atoms with Gasteiger partial charge in [0.2, 0.25) is 0 Å². The monoisotopic (exact) mass is 367 g/mol. The fraction of sp³-hybridized carbons (Fsp3) is 0.391. The summed E-state index contributed by atoms with van der Waals surface area (Å²) in [6.07, 6.45) is -0.0238. The molecular weight excluding hydrogens is 338 g/mol. The molecule has 4 nitrogen and oxygen atoms in total. The van der Waals surface area contributed by atoms with Crippen LogP contribution < -0.4 is 5.32 Å². The smallest absolute Gasteiger partial charge is 0.314 e. The predicted molar refractivity (Wildman–Crippen MR) is 109 cm³/mol. The van der Waals surface area contributed by atoms with Gasteiger partial charge in [0.1, 0.15) is 0 Å². The van der Waals surface area contributed by atoms with Gasteiger partial charge in [0, 0.05) is 5.69 Å². The van der Waals surface area contributed by atoms with Gasteiger partial charge in [-0.15, -0.1) is 0 Å². The predicted octanol–water partition coefficient (Wildman–Crippen LogP) is 5.00. The molecule has 1 N–H and O–H groups in total. The Balaban J connectivity index is 2.11. The molecule has 144 valence electrons. The standard InChI is InChI=1S/C23H29NO3/c1-6-15(2)20(19-13-8-7-9-14-19)23(26)27-18(5)22(25)24-21-16(3)11-10-12-17(21)4/h7-15,18,20H,6H2,1-5H3,(H,24,25)/t15-,18-,20-/m0/s1. The van der Waals surface area contributed by atoms with Crippen LogP contribution in [-0.4, -0.2) is 18.0 Å². The van der Waals surface area contributed by atoms with Crippen LogP contribution >= 0.6 is 0 Å². The summed E-state index contributed by atoms with van der Waals surface area (Å²) in [6, 6.07) is 15.4. The maximum atomic E-state index is 12.8. The van der Waals surface area contributed by atoms with Crippen LogP contribution in [0.5, 0.6) is 0 Å². The van der Waals surface area contributed by atoms with E-state index in [9.17, 15) is 9.59 Å². The molecule has 1 amide bonds. The first-order valence-electron chi connectivity index (χ1n) is 9.47. The molecule has 3 atom stereocenters. The largest absolute Gasteiger partial charge is 0.452 e. The number of rotatable bonds is 7. The fourth-order valence-corrected chi connectivity index (χ4v) is 3.13. The van der Waals surface area contributed by atoms with Crippen LogP contribution in [0.15, 0.2) is 48.5 Å².